The standard InChI is InChI=1S/C24H18N4O4/c1-27-18-10-14(31-3)6-4-12(18)8-16(24(27)30)20-17-11-25-28(2)23(17)26-21-15-7-5-13(29)9-19(15)32-22(20)21/h4-11,25H,1-3H3. The van der Waals surface area contributed by atoms with Gasteiger partial charge in [0.05, 0.1) is 18.2 Å². The summed E-state index contributed by atoms with van der Waals surface area (Å²) < 4.78 is 14.8. The highest BCUT2D eigenvalue weighted by Gasteiger charge is 2.22. The molecule has 1 N–H and O–H groups in total. The highest BCUT2D eigenvalue weighted by atomic mass is 16.5. The van der Waals surface area contributed by atoms with Crippen molar-refractivity contribution in [2.75, 3.05) is 7.11 Å². The molecular formula is C24H18N4O4. The fraction of sp³-hybridized carbons (Fsp3) is 0.125. The van der Waals surface area contributed by atoms with Crippen LogP contribution in [0, 0.1) is 0 Å². The fourth-order valence-corrected chi connectivity index (χ4v) is 4.38. The summed E-state index contributed by atoms with van der Waals surface area (Å²) in [5.41, 5.74) is 3.78. The van der Waals surface area contributed by atoms with E-state index in [4.69, 9.17) is 14.1 Å². The van der Waals surface area contributed by atoms with E-state index in [-0.39, 0.29) is 11.0 Å². The lowest BCUT2D eigenvalue weighted by molar-refractivity contribution is 0.415. The van der Waals surface area contributed by atoms with Crippen molar-refractivity contribution in [3.05, 3.63) is 69.2 Å². The zero-order valence-electron chi connectivity index (χ0n) is 17.6. The maximum Gasteiger partial charge on any atom is 0.258 e. The molecule has 4 aromatic heterocycles. The number of rotatable bonds is 2. The molecule has 8 heteroatoms. The molecular weight excluding hydrogens is 408 g/mol. The molecule has 6 aromatic rings. The van der Waals surface area contributed by atoms with Crippen LogP contribution < -0.4 is 15.7 Å². The lowest BCUT2D eigenvalue weighted by atomic mass is 10.0. The van der Waals surface area contributed by atoms with E-state index >= 15 is 0 Å². The second-order valence-corrected chi connectivity index (χ2v) is 7.84. The molecule has 4 heterocycles. The predicted molar refractivity (Wildman–Crippen MR) is 123 cm³/mol. The van der Waals surface area contributed by atoms with Gasteiger partial charge in [0.2, 0.25) is 0 Å². The number of benzene rings is 2. The van der Waals surface area contributed by atoms with E-state index in [1.54, 1.807) is 35.7 Å². The maximum atomic E-state index is 13.5. The molecule has 0 amide bonds. The molecule has 0 unspecified atom stereocenters. The van der Waals surface area contributed by atoms with Crippen LogP contribution in [0.15, 0.2) is 62.7 Å². The summed E-state index contributed by atoms with van der Waals surface area (Å²) >= 11 is 0. The molecule has 6 rings (SSSR count). The minimum atomic E-state index is -0.173. The zero-order valence-corrected chi connectivity index (χ0v) is 17.6. The number of nitrogens with one attached hydrogen (secondary N) is 1. The van der Waals surface area contributed by atoms with E-state index in [0.29, 0.717) is 39.2 Å². The van der Waals surface area contributed by atoms with Crippen molar-refractivity contribution >= 4 is 44.0 Å². The van der Waals surface area contributed by atoms with Crippen LogP contribution >= 0.6 is 0 Å². The number of furan rings is 1. The molecule has 0 aliphatic rings. The van der Waals surface area contributed by atoms with Gasteiger partial charge in [-0.15, -0.1) is 0 Å². The molecule has 0 saturated heterocycles. The number of nitrogens with zero attached hydrogens (tertiary/aromatic N) is 3. The summed E-state index contributed by atoms with van der Waals surface area (Å²) in [6, 6.07) is 12.1. The van der Waals surface area contributed by atoms with E-state index in [2.05, 4.69) is 5.10 Å². The number of fused-ring (bicyclic) bond motifs is 5. The summed E-state index contributed by atoms with van der Waals surface area (Å²) in [6.07, 6.45) is 1.81. The van der Waals surface area contributed by atoms with Crippen molar-refractivity contribution in [3.63, 3.8) is 0 Å². The van der Waals surface area contributed by atoms with Crippen molar-refractivity contribution in [3.8, 4) is 16.9 Å². The number of hydrogen-bond acceptors (Lipinski definition) is 5. The van der Waals surface area contributed by atoms with Crippen molar-refractivity contribution in [1.29, 1.82) is 0 Å². The molecule has 0 radical (unpaired) electrons. The van der Waals surface area contributed by atoms with Crippen LogP contribution in [-0.2, 0) is 14.1 Å². The van der Waals surface area contributed by atoms with Gasteiger partial charge in [0.25, 0.3) is 5.56 Å². The number of hydrogen-bond donors (Lipinski definition) is 1. The summed E-state index contributed by atoms with van der Waals surface area (Å²) in [7, 11) is 5.19. The van der Waals surface area contributed by atoms with Crippen molar-refractivity contribution in [1.82, 2.24) is 19.3 Å². The number of aromatic amines is 1. The Balaban J connectivity index is 1.82. The minimum absolute atomic E-state index is 0.147. The first-order valence-electron chi connectivity index (χ1n) is 10.0. The number of H-pyrrole nitrogens is 1. The number of methoxy groups -OCH3 is 1. The molecule has 2 aromatic carbocycles. The molecule has 8 nitrogen and oxygen atoms in total. The highest BCUT2D eigenvalue weighted by molar-refractivity contribution is 6.14. The monoisotopic (exact) mass is 426 g/mol. The number of pyridine rings is 2. The Bertz CT molecular complexity index is 1840. The van der Waals surface area contributed by atoms with Gasteiger partial charge in [-0.25, -0.2) is 4.98 Å². The quantitative estimate of drug-likeness (QED) is 0.456. The molecule has 0 fully saturated rings. The van der Waals surface area contributed by atoms with Crippen LogP contribution in [0.4, 0.5) is 0 Å². The Labute approximate surface area is 180 Å². The van der Waals surface area contributed by atoms with Gasteiger partial charge in [0.15, 0.2) is 16.7 Å². The summed E-state index contributed by atoms with van der Waals surface area (Å²) in [6.45, 7) is 0. The third-order valence-corrected chi connectivity index (χ3v) is 6.01. The molecule has 158 valence electrons. The third kappa shape index (κ3) is 2.40. The average molecular weight is 426 g/mol. The summed E-state index contributed by atoms with van der Waals surface area (Å²) in [5, 5.41) is 5.50. The van der Waals surface area contributed by atoms with Gasteiger partial charge in [0, 0.05) is 48.8 Å². The first-order valence-corrected chi connectivity index (χ1v) is 10.0. The second kappa shape index (κ2) is 6.34. The number of aryl methyl sites for hydroxylation is 2. The molecule has 32 heavy (non-hydrogen) atoms. The predicted octanol–water partition coefficient (Wildman–Crippen LogP) is 3.69. The lowest BCUT2D eigenvalue weighted by Gasteiger charge is -2.11. The van der Waals surface area contributed by atoms with E-state index in [1.165, 1.54) is 12.1 Å². The SMILES string of the molecule is COc1ccc2cc(-c3c4c[nH]n(C)c4nc4c3oc3cc(=O)ccc34)c(=O)n(C)c2c1. The van der Waals surface area contributed by atoms with E-state index < -0.39 is 0 Å². The van der Waals surface area contributed by atoms with Gasteiger partial charge in [0.1, 0.15) is 16.8 Å². The van der Waals surface area contributed by atoms with Crippen LogP contribution in [0.5, 0.6) is 5.75 Å². The van der Waals surface area contributed by atoms with Crippen LogP contribution in [0.2, 0.25) is 0 Å². The van der Waals surface area contributed by atoms with Gasteiger partial charge in [-0.1, -0.05) is 0 Å². The molecule has 0 atom stereocenters. The van der Waals surface area contributed by atoms with Crippen molar-refractivity contribution < 1.29 is 9.15 Å². The first kappa shape index (κ1) is 18.4. The molecule has 0 aliphatic carbocycles. The Morgan fingerprint density at radius 1 is 1.03 bits per heavy atom. The summed E-state index contributed by atoms with van der Waals surface area (Å²) in [5.74, 6) is 0.678. The van der Waals surface area contributed by atoms with Gasteiger partial charge < -0.3 is 18.8 Å². The van der Waals surface area contributed by atoms with E-state index in [1.807, 2.05) is 31.3 Å². The Morgan fingerprint density at radius 2 is 1.88 bits per heavy atom. The maximum absolute atomic E-state index is 13.5. The molecule has 0 saturated carbocycles. The zero-order chi connectivity index (χ0) is 22.1. The number of ether oxygens (including phenoxy) is 1. The Hall–Kier alpha value is -4.33. The van der Waals surface area contributed by atoms with Crippen LogP contribution in [0.1, 0.15) is 0 Å². The molecule has 0 aliphatic heterocycles. The van der Waals surface area contributed by atoms with Gasteiger partial charge in [-0.3, -0.25) is 14.3 Å². The van der Waals surface area contributed by atoms with Crippen LogP contribution in [0.3, 0.4) is 0 Å². The smallest absolute Gasteiger partial charge is 0.258 e. The Kier molecular flexibility index (Phi) is 3.65. The molecule has 0 bridgehead atoms. The fourth-order valence-electron chi connectivity index (χ4n) is 4.38. The minimum Gasteiger partial charge on any atom is -0.497 e. The molecule has 0 spiro atoms. The lowest BCUT2D eigenvalue weighted by Crippen LogP contribution is -2.19. The van der Waals surface area contributed by atoms with Crippen molar-refractivity contribution in [2.24, 2.45) is 14.1 Å². The van der Waals surface area contributed by atoms with Gasteiger partial charge in [-0.05, 0) is 35.7 Å². The van der Waals surface area contributed by atoms with Crippen molar-refractivity contribution in [2.45, 2.75) is 0 Å². The van der Waals surface area contributed by atoms with Crippen LogP contribution in [0.25, 0.3) is 55.1 Å². The van der Waals surface area contributed by atoms with Gasteiger partial charge in [-0.2, -0.15) is 0 Å². The summed E-state index contributed by atoms with van der Waals surface area (Å²) in [4.78, 5) is 30.2. The Morgan fingerprint density at radius 3 is 2.69 bits per heavy atom. The van der Waals surface area contributed by atoms with Gasteiger partial charge >= 0.3 is 0 Å². The third-order valence-electron chi connectivity index (χ3n) is 6.01. The van der Waals surface area contributed by atoms with Crippen LogP contribution in [-0.4, -0.2) is 26.4 Å². The average Bonchev–Trinajstić information content (AvgIpc) is 3.34. The second-order valence-electron chi connectivity index (χ2n) is 7.84. The first-order chi connectivity index (χ1) is 15.5. The van der Waals surface area contributed by atoms with E-state index in [0.717, 1.165) is 21.7 Å². The number of aromatic nitrogens is 4. The highest BCUT2D eigenvalue weighted by Crippen LogP contribution is 2.38. The largest absolute Gasteiger partial charge is 0.497 e. The normalized spacial score (nSPS) is 11.8. The van der Waals surface area contributed by atoms with E-state index in [9.17, 15) is 9.59 Å². The topological polar surface area (TPSA) is 95.1 Å².